The van der Waals surface area contributed by atoms with Crippen molar-refractivity contribution in [1.82, 2.24) is 4.90 Å². The molecule has 0 aromatic rings. The van der Waals surface area contributed by atoms with Crippen LogP contribution in [-0.4, -0.2) is 42.8 Å². The quantitative estimate of drug-likeness (QED) is 0.768. The van der Waals surface area contributed by atoms with Crippen LogP contribution in [0, 0.1) is 0 Å². The molecule has 2 rings (SSSR count). The van der Waals surface area contributed by atoms with Gasteiger partial charge in [0.05, 0.1) is 12.2 Å². The zero-order valence-electron chi connectivity index (χ0n) is 9.82. The molecule has 0 spiro atoms. The molecule has 88 valence electrons. The fourth-order valence-electron chi connectivity index (χ4n) is 2.78. The summed E-state index contributed by atoms with van der Waals surface area (Å²) in [5.74, 6) is 0. The highest BCUT2D eigenvalue weighted by atomic mass is 16.5. The van der Waals surface area contributed by atoms with Gasteiger partial charge in [0, 0.05) is 19.1 Å². The third-order valence-corrected chi connectivity index (χ3v) is 3.84. The van der Waals surface area contributed by atoms with Crippen molar-refractivity contribution < 1.29 is 4.74 Å². The summed E-state index contributed by atoms with van der Waals surface area (Å²) < 4.78 is 5.89. The number of nitrogens with zero attached hydrogens (tertiary/aromatic N) is 1. The third kappa shape index (κ3) is 2.92. The van der Waals surface area contributed by atoms with E-state index in [9.17, 15) is 0 Å². The van der Waals surface area contributed by atoms with Crippen LogP contribution in [0.3, 0.4) is 0 Å². The van der Waals surface area contributed by atoms with Gasteiger partial charge in [-0.2, -0.15) is 0 Å². The number of rotatable bonds is 3. The normalized spacial score (nSPS) is 38.4. The molecular formula is C12H24N2O. The summed E-state index contributed by atoms with van der Waals surface area (Å²) >= 11 is 0. The molecule has 0 aromatic heterocycles. The highest BCUT2D eigenvalue weighted by molar-refractivity contribution is 4.80. The van der Waals surface area contributed by atoms with E-state index in [2.05, 4.69) is 11.8 Å². The average molecular weight is 212 g/mol. The van der Waals surface area contributed by atoms with Crippen molar-refractivity contribution in [2.75, 3.05) is 19.6 Å². The van der Waals surface area contributed by atoms with Gasteiger partial charge in [0.1, 0.15) is 0 Å². The molecule has 2 fully saturated rings. The first-order valence-electron chi connectivity index (χ1n) is 6.39. The molecule has 2 aliphatic rings. The van der Waals surface area contributed by atoms with Crippen molar-refractivity contribution >= 4 is 0 Å². The minimum Gasteiger partial charge on any atom is -0.372 e. The first-order chi connectivity index (χ1) is 7.29. The van der Waals surface area contributed by atoms with Crippen molar-refractivity contribution in [3.8, 4) is 0 Å². The number of hydrogen-bond acceptors (Lipinski definition) is 3. The van der Waals surface area contributed by atoms with Gasteiger partial charge in [0.25, 0.3) is 0 Å². The van der Waals surface area contributed by atoms with Crippen molar-refractivity contribution in [3.05, 3.63) is 0 Å². The van der Waals surface area contributed by atoms with Crippen molar-refractivity contribution in [2.24, 2.45) is 5.73 Å². The second-order valence-electron chi connectivity index (χ2n) is 5.03. The lowest BCUT2D eigenvalue weighted by molar-refractivity contribution is 0.0128. The maximum absolute atomic E-state index is 5.89. The third-order valence-electron chi connectivity index (χ3n) is 3.84. The van der Waals surface area contributed by atoms with E-state index in [1.165, 1.54) is 32.2 Å². The van der Waals surface area contributed by atoms with Crippen LogP contribution in [0.5, 0.6) is 0 Å². The lowest BCUT2D eigenvalue weighted by Gasteiger charge is -2.34. The van der Waals surface area contributed by atoms with E-state index >= 15 is 0 Å². The van der Waals surface area contributed by atoms with Crippen LogP contribution < -0.4 is 5.73 Å². The lowest BCUT2D eigenvalue weighted by atomic mass is 10.0. The first-order valence-corrected chi connectivity index (χ1v) is 6.39. The van der Waals surface area contributed by atoms with E-state index in [0.29, 0.717) is 18.8 Å². The van der Waals surface area contributed by atoms with Gasteiger partial charge in [0.2, 0.25) is 0 Å². The van der Waals surface area contributed by atoms with E-state index in [0.717, 1.165) is 19.0 Å². The van der Waals surface area contributed by atoms with Crippen LogP contribution in [0.25, 0.3) is 0 Å². The largest absolute Gasteiger partial charge is 0.372 e. The van der Waals surface area contributed by atoms with Crippen molar-refractivity contribution in [3.63, 3.8) is 0 Å². The van der Waals surface area contributed by atoms with Gasteiger partial charge in [-0.3, -0.25) is 4.90 Å². The van der Waals surface area contributed by atoms with Crippen LogP contribution >= 0.6 is 0 Å². The molecule has 2 heterocycles. The summed E-state index contributed by atoms with van der Waals surface area (Å²) in [4.78, 5) is 2.59. The van der Waals surface area contributed by atoms with E-state index in [4.69, 9.17) is 10.5 Å². The van der Waals surface area contributed by atoms with Crippen molar-refractivity contribution in [1.29, 1.82) is 0 Å². The van der Waals surface area contributed by atoms with Gasteiger partial charge in [-0.05, 0) is 39.2 Å². The molecule has 3 heteroatoms. The Hall–Kier alpha value is -0.120. The number of hydrogen-bond donors (Lipinski definition) is 1. The zero-order chi connectivity index (χ0) is 10.7. The van der Waals surface area contributed by atoms with E-state index in [-0.39, 0.29) is 0 Å². The molecule has 3 nitrogen and oxygen atoms in total. The van der Waals surface area contributed by atoms with Crippen molar-refractivity contribution in [2.45, 2.75) is 57.3 Å². The SMILES string of the molecule is CC1CCCCN1C[C@@H]1CC[C@H](CN)O1. The number of piperidine rings is 1. The Morgan fingerprint density at radius 1 is 1.20 bits per heavy atom. The molecule has 0 aromatic carbocycles. The second-order valence-corrected chi connectivity index (χ2v) is 5.03. The Morgan fingerprint density at radius 2 is 2.00 bits per heavy atom. The van der Waals surface area contributed by atoms with Gasteiger partial charge in [-0.25, -0.2) is 0 Å². The number of likely N-dealkylation sites (tertiary alicyclic amines) is 1. The number of ether oxygens (including phenoxy) is 1. The Labute approximate surface area is 93.0 Å². The van der Waals surface area contributed by atoms with Crippen LogP contribution in [0.4, 0.5) is 0 Å². The standard InChI is InChI=1S/C12H24N2O/c1-10-4-2-3-7-14(10)9-12-6-5-11(8-13)15-12/h10-12H,2-9,13H2,1H3/t10?,11-,12+/m1/s1. The molecule has 1 unspecified atom stereocenters. The molecule has 2 N–H and O–H groups in total. The first kappa shape index (κ1) is 11.4. The van der Waals surface area contributed by atoms with Crippen LogP contribution in [0.2, 0.25) is 0 Å². The molecule has 0 aliphatic carbocycles. The minimum atomic E-state index is 0.329. The summed E-state index contributed by atoms with van der Waals surface area (Å²) in [7, 11) is 0. The van der Waals surface area contributed by atoms with E-state index in [1.807, 2.05) is 0 Å². The summed E-state index contributed by atoms with van der Waals surface area (Å²) in [5.41, 5.74) is 5.62. The number of nitrogens with two attached hydrogens (primary N) is 1. The Balaban J connectivity index is 1.76. The predicted octanol–water partition coefficient (Wildman–Crippen LogP) is 1.37. The van der Waals surface area contributed by atoms with Gasteiger partial charge in [-0.1, -0.05) is 6.42 Å². The fraction of sp³-hybridized carbons (Fsp3) is 1.00. The predicted molar refractivity (Wildman–Crippen MR) is 61.8 cm³/mol. The molecule has 0 amide bonds. The highest BCUT2D eigenvalue weighted by Gasteiger charge is 2.28. The van der Waals surface area contributed by atoms with E-state index in [1.54, 1.807) is 0 Å². The Morgan fingerprint density at radius 3 is 2.67 bits per heavy atom. The molecule has 2 saturated heterocycles. The lowest BCUT2D eigenvalue weighted by Crippen LogP contribution is -2.42. The summed E-state index contributed by atoms with van der Waals surface area (Å²) in [6, 6.07) is 0.749. The fourth-order valence-corrected chi connectivity index (χ4v) is 2.78. The minimum absolute atomic E-state index is 0.329. The second kappa shape index (κ2) is 5.28. The van der Waals surface area contributed by atoms with Gasteiger partial charge in [-0.15, -0.1) is 0 Å². The molecular weight excluding hydrogens is 188 g/mol. The maximum atomic E-state index is 5.89. The molecule has 0 radical (unpaired) electrons. The van der Waals surface area contributed by atoms with Gasteiger partial charge in [0.15, 0.2) is 0 Å². The van der Waals surface area contributed by atoms with Gasteiger partial charge >= 0.3 is 0 Å². The molecule has 15 heavy (non-hydrogen) atoms. The van der Waals surface area contributed by atoms with E-state index < -0.39 is 0 Å². The van der Waals surface area contributed by atoms with Crippen LogP contribution in [0.15, 0.2) is 0 Å². The summed E-state index contributed by atoms with van der Waals surface area (Å²) in [6.07, 6.45) is 7.24. The maximum Gasteiger partial charge on any atom is 0.0707 e. The molecule has 2 aliphatic heterocycles. The van der Waals surface area contributed by atoms with Gasteiger partial charge < -0.3 is 10.5 Å². The Kier molecular flexibility index (Phi) is 4.00. The molecule has 0 bridgehead atoms. The zero-order valence-corrected chi connectivity index (χ0v) is 9.82. The van der Waals surface area contributed by atoms with Crippen LogP contribution in [0.1, 0.15) is 39.0 Å². The summed E-state index contributed by atoms with van der Waals surface area (Å²) in [5, 5.41) is 0. The summed E-state index contributed by atoms with van der Waals surface area (Å²) in [6.45, 7) is 5.41. The monoisotopic (exact) mass is 212 g/mol. The highest BCUT2D eigenvalue weighted by Crippen LogP contribution is 2.23. The smallest absolute Gasteiger partial charge is 0.0707 e. The topological polar surface area (TPSA) is 38.5 Å². The van der Waals surface area contributed by atoms with Crippen LogP contribution in [-0.2, 0) is 4.74 Å². The molecule has 3 atom stereocenters. The Bertz CT molecular complexity index is 198. The molecule has 0 saturated carbocycles. The average Bonchev–Trinajstić information content (AvgIpc) is 2.69.